The lowest BCUT2D eigenvalue weighted by molar-refractivity contribution is 0.0981. The molecule has 2 N–H and O–H groups in total. The van der Waals surface area contributed by atoms with Crippen LogP contribution in [0.2, 0.25) is 5.02 Å². The van der Waals surface area contributed by atoms with E-state index in [1.54, 1.807) is 0 Å². The summed E-state index contributed by atoms with van der Waals surface area (Å²) in [4.78, 5) is 11.4. The van der Waals surface area contributed by atoms with E-state index in [1.807, 2.05) is 0 Å². The lowest BCUT2D eigenvalue weighted by atomic mass is 10.1. The second-order valence-electron chi connectivity index (χ2n) is 2.68. The maximum absolute atomic E-state index is 13.4. The predicted molar refractivity (Wildman–Crippen MR) is 57.1 cm³/mol. The van der Waals surface area contributed by atoms with Gasteiger partial charge >= 0.3 is 0 Å². The highest BCUT2D eigenvalue weighted by atomic mass is 79.9. The van der Waals surface area contributed by atoms with Crippen molar-refractivity contribution >= 4 is 33.3 Å². The predicted octanol–water partition coefficient (Wildman–Crippen LogP) is 2.77. The summed E-state index contributed by atoms with van der Waals surface area (Å²) in [5.41, 5.74) is 5.12. The summed E-state index contributed by atoms with van der Waals surface area (Å²) in [6.45, 7) is 0.182. The fraction of sp³-hybridized carbons (Fsp3) is 0.222. The average Bonchev–Trinajstić information content (AvgIpc) is 2.13. The van der Waals surface area contributed by atoms with Crippen LogP contribution in [0.4, 0.5) is 4.39 Å². The molecule has 2 nitrogen and oxygen atoms in total. The fourth-order valence-corrected chi connectivity index (χ4v) is 1.62. The van der Waals surface area contributed by atoms with E-state index < -0.39 is 5.82 Å². The monoisotopic (exact) mass is 279 g/mol. The van der Waals surface area contributed by atoms with Gasteiger partial charge in [0.2, 0.25) is 0 Å². The van der Waals surface area contributed by atoms with Gasteiger partial charge in [-0.3, -0.25) is 4.79 Å². The maximum Gasteiger partial charge on any atom is 0.168 e. The molecule has 0 saturated carbocycles. The van der Waals surface area contributed by atoms with Crippen LogP contribution in [0, 0.1) is 5.82 Å². The molecular formula is C9H8BrClFNO. The first-order valence-electron chi connectivity index (χ1n) is 3.94. The number of Topliss-reactive ketones (excluding diaryl/α,β-unsaturated/α-hetero) is 1. The second kappa shape index (κ2) is 4.87. The summed E-state index contributed by atoms with van der Waals surface area (Å²) in [6.07, 6.45) is 0.0904. The number of benzene rings is 1. The van der Waals surface area contributed by atoms with E-state index in [9.17, 15) is 9.18 Å². The molecule has 0 bridgehead atoms. The molecule has 0 atom stereocenters. The standard InChI is InChI=1S/C9H8BrClFNO/c10-5-1-2-6(11)8(9(5)12)7(14)3-4-13/h1-2H,3-4,13H2. The van der Waals surface area contributed by atoms with Gasteiger partial charge in [-0.25, -0.2) is 4.39 Å². The van der Waals surface area contributed by atoms with E-state index in [1.165, 1.54) is 12.1 Å². The lowest BCUT2D eigenvalue weighted by Gasteiger charge is -2.05. The summed E-state index contributed by atoms with van der Waals surface area (Å²) in [5.74, 6) is -1.01. The molecule has 0 aromatic heterocycles. The molecule has 0 fully saturated rings. The fourth-order valence-electron chi connectivity index (χ4n) is 1.04. The molecule has 0 amide bonds. The number of rotatable bonds is 3. The minimum atomic E-state index is -0.629. The van der Waals surface area contributed by atoms with Gasteiger partial charge in [0, 0.05) is 6.42 Å². The largest absolute Gasteiger partial charge is 0.330 e. The molecule has 1 rings (SSSR count). The van der Waals surface area contributed by atoms with Crippen molar-refractivity contribution in [3.63, 3.8) is 0 Å². The molecule has 76 valence electrons. The number of hydrogen-bond donors (Lipinski definition) is 1. The third-order valence-electron chi connectivity index (χ3n) is 1.69. The minimum Gasteiger partial charge on any atom is -0.330 e. The molecule has 0 saturated heterocycles. The van der Waals surface area contributed by atoms with Crippen LogP contribution in [0.3, 0.4) is 0 Å². The molecule has 1 aromatic carbocycles. The summed E-state index contributed by atoms with van der Waals surface area (Å²) in [7, 11) is 0. The molecule has 0 unspecified atom stereocenters. The van der Waals surface area contributed by atoms with Crippen LogP contribution in [-0.2, 0) is 0 Å². The van der Waals surface area contributed by atoms with Crippen LogP contribution >= 0.6 is 27.5 Å². The molecule has 0 heterocycles. The van der Waals surface area contributed by atoms with Crippen LogP contribution < -0.4 is 5.73 Å². The Kier molecular flexibility index (Phi) is 4.04. The maximum atomic E-state index is 13.4. The van der Waals surface area contributed by atoms with E-state index in [0.29, 0.717) is 0 Å². The molecule has 0 aliphatic heterocycles. The topological polar surface area (TPSA) is 43.1 Å². The number of carbonyl (C=O) groups is 1. The average molecular weight is 281 g/mol. The van der Waals surface area contributed by atoms with Crippen molar-refractivity contribution in [1.82, 2.24) is 0 Å². The Bertz CT molecular complexity index is 370. The third-order valence-corrected chi connectivity index (χ3v) is 2.62. The van der Waals surface area contributed by atoms with Gasteiger partial charge in [-0.15, -0.1) is 0 Å². The number of halogens is 3. The van der Waals surface area contributed by atoms with Gasteiger partial charge in [-0.1, -0.05) is 11.6 Å². The van der Waals surface area contributed by atoms with E-state index in [0.717, 1.165) is 0 Å². The van der Waals surface area contributed by atoms with E-state index in [4.69, 9.17) is 17.3 Å². The quantitative estimate of drug-likeness (QED) is 0.683. The Morgan fingerprint density at radius 1 is 1.57 bits per heavy atom. The second-order valence-corrected chi connectivity index (χ2v) is 3.94. The molecule has 0 spiro atoms. The Hall–Kier alpha value is -0.450. The number of hydrogen-bond acceptors (Lipinski definition) is 2. The van der Waals surface area contributed by atoms with Crippen LogP contribution in [0.15, 0.2) is 16.6 Å². The normalized spacial score (nSPS) is 10.3. The minimum absolute atomic E-state index is 0.0904. The van der Waals surface area contributed by atoms with Crippen LogP contribution in [0.25, 0.3) is 0 Å². The van der Waals surface area contributed by atoms with E-state index >= 15 is 0 Å². The number of ketones is 1. The zero-order valence-electron chi connectivity index (χ0n) is 7.19. The number of carbonyl (C=O) groups excluding carboxylic acids is 1. The van der Waals surface area contributed by atoms with Crippen LogP contribution in [0.1, 0.15) is 16.8 Å². The van der Waals surface area contributed by atoms with Crippen LogP contribution in [-0.4, -0.2) is 12.3 Å². The van der Waals surface area contributed by atoms with Crippen molar-refractivity contribution in [3.05, 3.63) is 33.0 Å². The zero-order chi connectivity index (χ0) is 10.7. The highest BCUT2D eigenvalue weighted by Gasteiger charge is 2.17. The van der Waals surface area contributed by atoms with Gasteiger partial charge < -0.3 is 5.73 Å². The Morgan fingerprint density at radius 3 is 2.79 bits per heavy atom. The smallest absolute Gasteiger partial charge is 0.168 e. The van der Waals surface area contributed by atoms with Gasteiger partial charge in [-0.2, -0.15) is 0 Å². The van der Waals surface area contributed by atoms with Crippen molar-refractivity contribution in [1.29, 1.82) is 0 Å². The van der Waals surface area contributed by atoms with Gasteiger partial charge in [0.15, 0.2) is 5.78 Å². The zero-order valence-corrected chi connectivity index (χ0v) is 9.53. The van der Waals surface area contributed by atoms with Gasteiger partial charge in [-0.05, 0) is 34.6 Å². The summed E-state index contributed by atoms with van der Waals surface area (Å²) >= 11 is 8.69. The molecular weight excluding hydrogens is 272 g/mol. The van der Waals surface area contributed by atoms with Crippen molar-refractivity contribution in [2.75, 3.05) is 6.54 Å². The van der Waals surface area contributed by atoms with Crippen molar-refractivity contribution in [2.24, 2.45) is 5.73 Å². The summed E-state index contributed by atoms with van der Waals surface area (Å²) in [6, 6.07) is 2.93. The number of nitrogens with two attached hydrogens (primary N) is 1. The molecule has 14 heavy (non-hydrogen) atoms. The Labute approximate surface area is 94.4 Å². The molecule has 0 radical (unpaired) electrons. The molecule has 1 aromatic rings. The van der Waals surface area contributed by atoms with E-state index in [-0.39, 0.29) is 33.8 Å². The van der Waals surface area contributed by atoms with Crippen LogP contribution in [0.5, 0.6) is 0 Å². The molecule has 0 aliphatic rings. The molecule has 5 heteroatoms. The first-order valence-corrected chi connectivity index (χ1v) is 5.11. The van der Waals surface area contributed by atoms with Gasteiger partial charge in [0.25, 0.3) is 0 Å². The Morgan fingerprint density at radius 2 is 2.21 bits per heavy atom. The van der Waals surface area contributed by atoms with E-state index in [2.05, 4.69) is 15.9 Å². The first-order chi connectivity index (χ1) is 6.57. The van der Waals surface area contributed by atoms with Crippen molar-refractivity contribution < 1.29 is 9.18 Å². The van der Waals surface area contributed by atoms with Gasteiger partial charge in [0.05, 0.1) is 15.1 Å². The molecule has 0 aliphatic carbocycles. The SMILES string of the molecule is NCCC(=O)c1c(Cl)ccc(Br)c1F. The summed E-state index contributed by atoms with van der Waals surface area (Å²) < 4.78 is 13.7. The summed E-state index contributed by atoms with van der Waals surface area (Å²) in [5, 5.41) is 0.115. The third kappa shape index (κ3) is 2.32. The lowest BCUT2D eigenvalue weighted by Crippen LogP contribution is -2.10. The highest BCUT2D eigenvalue weighted by Crippen LogP contribution is 2.26. The van der Waals surface area contributed by atoms with Gasteiger partial charge in [0.1, 0.15) is 5.82 Å². The Balaban J connectivity index is 3.18. The first kappa shape index (κ1) is 11.6. The highest BCUT2D eigenvalue weighted by molar-refractivity contribution is 9.10. The van der Waals surface area contributed by atoms with Crippen molar-refractivity contribution in [2.45, 2.75) is 6.42 Å². The van der Waals surface area contributed by atoms with Crippen molar-refractivity contribution in [3.8, 4) is 0 Å².